The van der Waals surface area contributed by atoms with Gasteiger partial charge in [0.05, 0.1) is 12.8 Å². The fourth-order valence-corrected chi connectivity index (χ4v) is 2.68. The van der Waals surface area contributed by atoms with Crippen molar-refractivity contribution in [2.24, 2.45) is 0 Å². The zero-order chi connectivity index (χ0) is 22.2. The minimum atomic E-state index is -0.757. The molecule has 1 N–H and O–H groups in total. The zero-order valence-electron chi connectivity index (χ0n) is 16.6. The lowest BCUT2D eigenvalue weighted by Gasteiger charge is -2.12. The SMILES string of the molecule is COc1ccc(/C=C(\C#N)C(=O)Nc2ccccc2F)c(OCc2ccc(F)cc2)c1. The molecule has 0 radical (unpaired) electrons. The van der Waals surface area contributed by atoms with E-state index in [9.17, 15) is 18.8 Å². The highest BCUT2D eigenvalue weighted by Crippen LogP contribution is 2.28. The number of nitrogens with zero attached hydrogens (tertiary/aromatic N) is 1. The number of carbonyl (C=O) groups is 1. The highest BCUT2D eigenvalue weighted by atomic mass is 19.1. The Hall–Kier alpha value is -4.18. The third kappa shape index (κ3) is 5.67. The lowest BCUT2D eigenvalue weighted by Crippen LogP contribution is -2.14. The van der Waals surface area contributed by atoms with Crippen LogP contribution in [0.5, 0.6) is 11.5 Å². The molecular weight excluding hydrogens is 402 g/mol. The number of carbonyl (C=O) groups excluding carboxylic acids is 1. The molecule has 156 valence electrons. The van der Waals surface area contributed by atoms with Crippen LogP contribution in [0.15, 0.2) is 72.3 Å². The molecule has 0 saturated carbocycles. The van der Waals surface area contributed by atoms with Crippen molar-refractivity contribution in [3.05, 3.63) is 95.1 Å². The van der Waals surface area contributed by atoms with Crippen LogP contribution in [0.4, 0.5) is 14.5 Å². The molecule has 0 aromatic heterocycles. The van der Waals surface area contributed by atoms with Gasteiger partial charge < -0.3 is 14.8 Å². The van der Waals surface area contributed by atoms with Gasteiger partial charge in [-0.15, -0.1) is 0 Å². The first-order valence-corrected chi connectivity index (χ1v) is 9.23. The number of para-hydroxylation sites is 1. The first-order chi connectivity index (χ1) is 15.0. The predicted molar refractivity (Wildman–Crippen MR) is 112 cm³/mol. The minimum Gasteiger partial charge on any atom is -0.497 e. The van der Waals surface area contributed by atoms with Crippen molar-refractivity contribution >= 4 is 17.7 Å². The van der Waals surface area contributed by atoms with E-state index >= 15 is 0 Å². The van der Waals surface area contributed by atoms with Gasteiger partial charge in [0.2, 0.25) is 0 Å². The molecule has 3 aromatic rings. The Morgan fingerprint density at radius 3 is 2.52 bits per heavy atom. The molecule has 1 amide bonds. The van der Waals surface area contributed by atoms with Gasteiger partial charge in [-0.05, 0) is 48.0 Å². The topological polar surface area (TPSA) is 71.3 Å². The maximum Gasteiger partial charge on any atom is 0.266 e. The van der Waals surface area contributed by atoms with Crippen molar-refractivity contribution in [2.75, 3.05) is 12.4 Å². The summed E-state index contributed by atoms with van der Waals surface area (Å²) in [5, 5.41) is 11.8. The summed E-state index contributed by atoms with van der Waals surface area (Å²) < 4.78 is 37.9. The summed E-state index contributed by atoms with van der Waals surface area (Å²) in [6.45, 7) is 0.137. The molecule has 0 fully saturated rings. The van der Waals surface area contributed by atoms with E-state index in [0.717, 1.165) is 5.56 Å². The number of anilines is 1. The van der Waals surface area contributed by atoms with Crippen LogP contribution >= 0.6 is 0 Å². The van der Waals surface area contributed by atoms with E-state index in [1.54, 1.807) is 36.4 Å². The van der Waals surface area contributed by atoms with Gasteiger partial charge in [-0.3, -0.25) is 4.79 Å². The van der Waals surface area contributed by atoms with Gasteiger partial charge in [-0.25, -0.2) is 8.78 Å². The Kier molecular flexibility index (Phi) is 6.97. The van der Waals surface area contributed by atoms with Crippen molar-refractivity contribution in [3.63, 3.8) is 0 Å². The first kappa shape index (κ1) is 21.5. The monoisotopic (exact) mass is 420 g/mol. The lowest BCUT2D eigenvalue weighted by molar-refractivity contribution is -0.112. The van der Waals surface area contributed by atoms with Crippen molar-refractivity contribution in [3.8, 4) is 17.6 Å². The number of halogens is 2. The molecule has 0 unspecified atom stereocenters. The molecule has 0 bridgehead atoms. The van der Waals surface area contributed by atoms with Gasteiger partial charge in [0, 0.05) is 11.6 Å². The molecule has 3 rings (SSSR count). The van der Waals surface area contributed by atoms with Crippen molar-refractivity contribution in [1.29, 1.82) is 5.26 Å². The minimum absolute atomic E-state index is 0.0313. The summed E-state index contributed by atoms with van der Waals surface area (Å²) in [5.74, 6) is -0.849. The number of nitriles is 1. The van der Waals surface area contributed by atoms with Crippen LogP contribution in [-0.2, 0) is 11.4 Å². The highest BCUT2D eigenvalue weighted by molar-refractivity contribution is 6.09. The van der Waals surface area contributed by atoms with Crippen molar-refractivity contribution < 1.29 is 23.0 Å². The normalized spacial score (nSPS) is 10.8. The smallest absolute Gasteiger partial charge is 0.266 e. The number of hydrogen-bond acceptors (Lipinski definition) is 4. The van der Waals surface area contributed by atoms with Crippen molar-refractivity contribution in [1.82, 2.24) is 0 Å². The standard InChI is InChI=1S/C24H18F2N2O3/c1-30-20-11-8-17(23(13-20)31-15-16-6-9-19(25)10-7-16)12-18(14-27)24(29)28-22-5-3-2-4-21(22)26/h2-13H,15H2,1H3,(H,28,29)/b18-12+. The van der Waals surface area contributed by atoms with Gasteiger partial charge >= 0.3 is 0 Å². The van der Waals surface area contributed by atoms with E-state index < -0.39 is 11.7 Å². The summed E-state index contributed by atoms with van der Waals surface area (Å²) in [6.07, 6.45) is 1.34. The number of ether oxygens (including phenoxy) is 2. The summed E-state index contributed by atoms with van der Waals surface area (Å²) in [7, 11) is 1.50. The second kappa shape index (κ2) is 10.0. The molecule has 0 heterocycles. The second-order valence-electron chi connectivity index (χ2n) is 6.42. The molecule has 5 nitrogen and oxygen atoms in total. The molecule has 0 aliphatic heterocycles. The average molecular weight is 420 g/mol. The highest BCUT2D eigenvalue weighted by Gasteiger charge is 2.14. The molecule has 3 aromatic carbocycles. The predicted octanol–water partition coefficient (Wildman–Crippen LogP) is 5.10. The van der Waals surface area contributed by atoms with Crippen LogP contribution in [0.2, 0.25) is 0 Å². The number of rotatable bonds is 7. The molecule has 0 saturated heterocycles. The fourth-order valence-electron chi connectivity index (χ4n) is 2.68. The van der Waals surface area contributed by atoms with E-state index in [-0.39, 0.29) is 23.7 Å². The Morgan fingerprint density at radius 2 is 1.84 bits per heavy atom. The number of nitrogens with one attached hydrogen (secondary N) is 1. The Balaban J connectivity index is 1.86. The molecule has 0 aliphatic rings. The third-order valence-corrected chi connectivity index (χ3v) is 4.32. The van der Waals surface area contributed by atoms with E-state index in [0.29, 0.717) is 17.1 Å². The maximum atomic E-state index is 13.8. The van der Waals surface area contributed by atoms with E-state index in [1.807, 2.05) is 6.07 Å². The summed E-state index contributed by atoms with van der Waals surface area (Å²) in [5.41, 5.74) is 0.913. The van der Waals surface area contributed by atoms with Gasteiger partial charge in [0.1, 0.15) is 41.4 Å². The summed E-state index contributed by atoms with van der Waals surface area (Å²) >= 11 is 0. The fraction of sp³-hybridized carbons (Fsp3) is 0.0833. The second-order valence-corrected chi connectivity index (χ2v) is 6.42. The Bertz CT molecular complexity index is 1150. The van der Waals surface area contributed by atoms with Crippen LogP contribution < -0.4 is 14.8 Å². The van der Waals surface area contributed by atoms with Crippen LogP contribution in [0, 0.1) is 23.0 Å². The third-order valence-electron chi connectivity index (χ3n) is 4.32. The summed E-state index contributed by atoms with van der Waals surface area (Å²) in [4.78, 5) is 12.5. The van der Waals surface area contributed by atoms with E-state index in [2.05, 4.69) is 5.32 Å². The van der Waals surface area contributed by atoms with E-state index in [4.69, 9.17) is 9.47 Å². The molecule has 0 atom stereocenters. The van der Waals surface area contributed by atoms with Gasteiger partial charge in [-0.1, -0.05) is 24.3 Å². The number of hydrogen-bond donors (Lipinski definition) is 1. The molecule has 31 heavy (non-hydrogen) atoms. The molecule has 0 aliphatic carbocycles. The van der Waals surface area contributed by atoms with Gasteiger partial charge in [0.15, 0.2) is 0 Å². The first-order valence-electron chi connectivity index (χ1n) is 9.23. The largest absolute Gasteiger partial charge is 0.497 e. The van der Waals surface area contributed by atoms with Crippen LogP contribution in [0.25, 0.3) is 6.08 Å². The van der Waals surface area contributed by atoms with Crippen LogP contribution in [-0.4, -0.2) is 13.0 Å². The quantitative estimate of drug-likeness (QED) is 0.427. The molecule has 7 heteroatoms. The molecule has 0 spiro atoms. The Morgan fingerprint density at radius 1 is 1.10 bits per heavy atom. The average Bonchev–Trinajstić information content (AvgIpc) is 2.79. The van der Waals surface area contributed by atoms with Gasteiger partial charge in [0.25, 0.3) is 5.91 Å². The van der Waals surface area contributed by atoms with Gasteiger partial charge in [-0.2, -0.15) is 5.26 Å². The molecular formula is C24H18F2N2O3. The van der Waals surface area contributed by atoms with E-state index in [1.165, 1.54) is 43.5 Å². The number of benzene rings is 3. The number of amides is 1. The maximum absolute atomic E-state index is 13.8. The van der Waals surface area contributed by atoms with Crippen LogP contribution in [0.3, 0.4) is 0 Å². The number of methoxy groups -OCH3 is 1. The van der Waals surface area contributed by atoms with Crippen molar-refractivity contribution in [2.45, 2.75) is 6.61 Å². The lowest BCUT2D eigenvalue weighted by atomic mass is 10.1. The Labute approximate surface area is 178 Å². The van der Waals surface area contributed by atoms with Crippen LogP contribution in [0.1, 0.15) is 11.1 Å². The zero-order valence-corrected chi connectivity index (χ0v) is 16.6. The summed E-state index contributed by atoms with van der Waals surface area (Å²) in [6, 6.07) is 18.2.